The molecular formula is C14H18BrN. The monoisotopic (exact) mass is 279 g/mol. The molecule has 3 aliphatic rings. The molecule has 2 heteroatoms. The molecule has 2 bridgehead atoms. The number of nitrogens with zero attached hydrogens (tertiary/aromatic N) is 1. The lowest BCUT2D eigenvalue weighted by atomic mass is 9.72. The van der Waals surface area contributed by atoms with Crippen molar-refractivity contribution >= 4 is 15.9 Å². The van der Waals surface area contributed by atoms with Gasteiger partial charge in [0.25, 0.3) is 0 Å². The van der Waals surface area contributed by atoms with Gasteiger partial charge in [-0.1, -0.05) is 28.1 Å². The topological polar surface area (TPSA) is 3.24 Å². The van der Waals surface area contributed by atoms with E-state index >= 15 is 0 Å². The van der Waals surface area contributed by atoms with Crippen molar-refractivity contribution in [1.82, 2.24) is 4.90 Å². The zero-order valence-electron chi connectivity index (χ0n) is 9.75. The van der Waals surface area contributed by atoms with Crippen LogP contribution < -0.4 is 0 Å². The number of benzene rings is 1. The molecule has 1 unspecified atom stereocenters. The second kappa shape index (κ2) is 3.85. The molecule has 1 nitrogen and oxygen atoms in total. The first-order chi connectivity index (χ1) is 7.68. The van der Waals surface area contributed by atoms with Crippen LogP contribution in [-0.4, -0.2) is 18.0 Å². The predicted octanol–water partition coefficient (Wildman–Crippen LogP) is 3.78. The highest BCUT2D eigenvalue weighted by Gasteiger charge is 2.43. The average Bonchev–Trinajstić information content (AvgIpc) is 2.31. The summed E-state index contributed by atoms with van der Waals surface area (Å²) in [5, 5.41) is 0. The molecule has 0 aromatic heterocycles. The first-order valence-electron chi connectivity index (χ1n) is 6.19. The summed E-state index contributed by atoms with van der Waals surface area (Å²) in [7, 11) is 0. The summed E-state index contributed by atoms with van der Waals surface area (Å²) in [6.45, 7) is 5.00. The maximum Gasteiger partial charge on any atom is 0.0435 e. The lowest BCUT2D eigenvalue weighted by Gasteiger charge is -2.53. The summed E-state index contributed by atoms with van der Waals surface area (Å²) in [6, 6.07) is 8.91. The number of hydrogen-bond acceptors (Lipinski definition) is 1. The van der Waals surface area contributed by atoms with Crippen LogP contribution in [0.25, 0.3) is 0 Å². The minimum atomic E-state index is 0.294. The van der Waals surface area contributed by atoms with Gasteiger partial charge in [-0.15, -0.1) is 0 Å². The van der Waals surface area contributed by atoms with Gasteiger partial charge in [0.15, 0.2) is 0 Å². The van der Waals surface area contributed by atoms with Crippen LogP contribution in [-0.2, 0) is 5.54 Å². The third-order valence-electron chi connectivity index (χ3n) is 4.46. The number of halogens is 1. The third kappa shape index (κ3) is 1.63. The maximum absolute atomic E-state index is 3.51. The Balaban J connectivity index is 1.95. The summed E-state index contributed by atoms with van der Waals surface area (Å²) < 4.78 is 1.18. The van der Waals surface area contributed by atoms with Gasteiger partial charge in [-0.05, 0) is 62.9 Å². The Bertz CT molecular complexity index is 378. The van der Waals surface area contributed by atoms with Crippen molar-refractivity contribution in [3.05, 3.63) is 34.3 Å². The minimum Gasteiger partial charge on any atom is -0.294 e. The van der Waals surface area contributed by atoms with E-state index in [0.717, 1.165) is 5.92 Å². The molecular weight excluding hydrogens is 262 g/mol. The Morgan fingerprint density at radius 1 is 1.19 bits per heavy atom. The molecule has 0 amide bonds. The SMILES string of the molecule is CC1(c2ccc(Br)cc2)CC2CCN1CC2. The Labute approximate surface area is 106 Å². The van der Waals surface area contributed by atoms with E-state index in [1.165, 1.54) is 42.4 Å². The van der Waals surface area contributed by atoms with Crippen LogP contribution in [0.2, 0.25) is 0 Å². The molecule has 16 heavy (non-hydrogen) atoms. The van der Waals surface area contributed by atoms with Crippen LogP contribution in [0.15, 0.2) is 28.7 Å². The molecule has 3 aliphatic heterocycles. The first kappa shape index (κ1) is 10.8. The summed E-state index contributed by atoms with van der Waals surface area (Å²) in [5.41, 5.74) is 1.78. The molecule has 3 saturated heterocycles. The number of rotatable bonds is 1. The van der Waals surface area contributed by atoms with Crippen LogP contribution in [0, 0.1) is 5.92 Å². The van der Waals surface area contributed by atoms with Gasteiger partial charge in [0.05, 0.1) is 0 Å². The average molecular weight is 280 g/mol. The maximum atomic E-state index is 3.51. The molecule has 0 aliphatic carbocycles. The molecule has 4 rings (SSSR count). The van der Waals surface area contributed by atoms with Gasteiger partial charge < -0.3 is 0 Å². The molecule has 0 saturated carbocycles. The molecule has 86 valence electrons. The van der Waals surface area contributed by atoms with E-state index < -0.39 is 0 Å². The zero-order chi connectivity index (χ0) is 11.2. The van der Waals surface area contributed by atoms with Gasteiger partial charge in [-0.3, -0.25) is 4.90 Å². The summed E-state index contributed by atoms with van der Waals surface area (Å²) in [5.74, 6) is 0.957. The van der Waals surface area contributed by atoms with Crippen molar-refractivity contribution in [2.45, 2.75) is 31.7 Å². The molecule has 0 radical (unpaired) electrons. The first-order valence-corrected chi connectivity index (χ1v) is 6.99. The van der Waals surface area contributed by atoms with E-state index in [2.05, 4.69) is 52.0 Å². The molecule has 1 aromatic rings. The van der Waals surface area contributed by atoms with Crippen molar-refractivity contribution in [1.29, 1.82) is 0 Å². The third-order valence-corrected chi connectivity index (χ3v) is 4.99. The Kier molecular flexibility index (Phi) is 2.60. The van der Waals surface area contributed by atoms with Gasteiger partial charge in [0.1, 0.15) is 0 Å². The van der Waals surface area contributed by atoms with E-state index in [1.807, 2.05) is 0 Å². The second-order valence-electron chi connectivity index (χ2n) is 5.42. The summed E-state index contributed by atoms with van der Waals surface area (Å²) in [4.78, 5) is 2.68. The fourth-order valence-corrected chi connectivity index (χ4v) is 3.70. The quantitative estimate of drug-likeness (QED) is 0.756. The Morgan fingerprint density at radius 2 is 1.81 bits per heavy atom. The van der Waals surface area contributed by atoms with Gasteiger partial charge in [0, 0.05) is 10.0 Å². The highest BCUT2D eigenvalue weighted by Crippen LogP contribution is 2.45. The molecule has 0 spiro atoms. The minimum absolute atomic E-state index is 0.294. The number of hydrogen-bond donors (Lipinski definition) is 0. The molecule has 1 aromatic carbocycles. The van der Waals surface area contributed by atoms with E-state index in [-0.39, 0.29) is 0 Å². The van der Waals surface area contributed by atoms with E-state index in [0.29, 0.717) is 5.54 Å². The van der Waals surface area contributed by atoms with Crippen molar-refractivity contribution in [2.75, 3.05) is 13.1 Å². The van der Waals surface area contributed by atoms with E-state index in [9.17, 15) is 0 Å². The predicted molar refractivity (Wildman–Crippen MR) is 70.4 cm³/mol. The van der Waals surface area contributed by atoms with Gasteiger partial charge in [-0.2, -0.15) is 0 Å². The van der Waals surface area contributed by atoms with Gasteiger partial charge in [0.2, 0.25) is 0 Å². The largest absolute Gasteiger partial charge is 0.294 e. The second-order valence-corrected chi connectivity index (χ2v) is 6.33. The smallest absolute Gasteiger partial charge is 0.0435 e. The van der Waals surface area contributed by atoms with Gasteiger partial charge >= 0.3 is 0 Å². The molecule has 3 fully saturated rings. The van der Waals surface area contributed by atoms with Crippen molar-refractivity contribution in [2.24, 2.45) is 5.92 Å². The molecule has 3 heterocycles. The molecule has 0 N–H and O–H groups in total. The van der Waals surface area contributed by atoms with Crippen molar-refractivity contribution < 1.29 is 0 Å². The highest BCUT2D eigenvalue weighted by molar-refractivity contribution is 9.10. The van der Waals surface area contributed by atoms with E-state index in [4.69, 9.17) is 0 Å². The van der Waals surface area contributed by atoms with Crippen LogP contribution in [0.5, 0.6) is 0 Å². The standard InChI is InChI=1S/C14H18BrN/c1-14(12-2-4-13(15)5-3-12)10-11-6-8-16(14)9-7-11/h2-5,11H,6-10H2,1H3. The summed E-state index contributed by atoms with van der Waals surface area (Å²) >= 11 is 3.51. The number of fused-ring (bicyclic) bond motifs is 3. The normalized spacial score (nSPS) is 37.6. The van der Waals surface area contributed by atoms with Crippen LogP contribution in [0.3, 0.4) is 0 Å². The van der Waals surface area contributed by atoms with Crippen LogP contribution >= 0.6 is 15.9 Å². The Morgan fingerprint density at radius 3 is 2.31 bits per heavy atom. The van der Waals surface area contributed by atoms with Crippen molar-refractivity contribution in [3.63, 3.8) is 0 Å². The molecule has 1 atom stereocenters. The zero-order valence-corrected chi connectivity index (χ0v) is 11.3. The number of piperidine rings is 3. The summed E-state index contributed by atoms with van der Waals surface area (Å²) in [6.07, 6.45) is 4.16. The van der Waals surface area contributed by atoms with E-state index in [1.54, 1.807) is 0 Å². The highest BCUT2D eigenvalue weighted by atomic mass is 79.9. The fourth-order valence-electron chi connectivity index (χ4n) is 3.43. The fraction of sp³-hybridized carbons (Fsp3) is 0.571. The lowest BCUT2D eigenvalue weighted by Crippen LogP contribution is -2.54. The van der Waals surface area contributed by atoms with Crippen LogP contribution in [0.1, 0.15) is 31.7 Å². The van der Waals surface area contributed by atoms with Gasteiger partial charge in [-0.25, -0.2) is 0 Å². The lowest BCUT2D eigenvalue weighted by molar-refractivity contribution is -0.0214. The van der Waals surface area contributed by atoms with Crippen LogP contribution in [0.4, 0.5) is 0 Å². The Hall–Kier alpha value is -0.340. The van der Waals surface area contributed by atoms with Crippen molar-refractivity contribution in [3.8, 4) is 0 Å².